The van der Waals surface area contributed by atoms with Gasteiger partial charge in [-0.3, -0.25) is 0 Å². The van der Waals surface area contributed by atoms with Crippen LogP contribution in [0.25, 0.3) is 0 Å². The van der Waals surface area contributed by atoms with Gasteiger partial charge in [-0.15, -0.1) is 0 Å². The van der Waals surface area contributed by atoms with E-state index in [1.165, 1.54) is 0 Å². The molecule has 0 bridgehead atoms. The van der Waals surface area contributed by atoms with E-state index in [2.05, 4.69) is 20.8 Å². The molecule has 0 rings (SSSR count). The lowest BCUT2D eigenvalue weighted by Gasteiger charge is -2.38. The summed E-state index contributed by atoms with van der Waals surface area (Å²) in [6.07, 6.45) is 0.633. The highest BCUT2D eigenvalue weighted by Crippen LogP contribution is 2.30. The highest BCUT2D eigenvalue weighted by Gasteiger charge is 2.38. The van der Waals surface area contributed by atoms with Gasteiger partial charge in [0.25, 0.3) is 0 Å². The predicted molar refractivity (Wildman–Crippen MR) is 55.5 cm³/mol. The highest BCUT2D eigenvalue weighted by molar-refractivity contribution is 4.91. The van der Waals surface area contributed by atoms with E-state index in [0.717, 1.165) is 0 Å². The molecule has 2 atom stereocenters. The fourth-order valence-electron chi connectivity index (χ4n) is 1.11. The Morgan fingerprint density at radius 1 is 1.00 bits per heavy atom. The molecule has 0 fully saturated rings. The van der Waals surface area contributed by atoms with E-state index in [1.807, 2.05) is 0 Å². The number of aliphatic hydroxyl groups is 2. The smallest absolute Gasteiger partial charge is 0.0902 e. The lowest BCUT2D eigenvalue weighted by Crippen LogP contribution is -2.48. The molecule has 0 aliphatic rings. The summed E-state index contributed by atoms with van der Waals surface area (Å²) in [4.78, 5) is 0. The minimum absolute atomic E-state index is 0.418. The Balaban J connectivity index is 4.34. The van der Waals surface area contributed by atoms with Crippen molar-refractivity contribution in [1.82, 2.24) is 0 Å². The molecule has 2 N–H and O–H groups in total. The van der Waals surface area contributed by atoms with Crippen molar-refractivity contribution in [2.24, 2.45) is 11.8 Å². The molecule has 0 aliphatic carbocycles. The molecule has 2 heteroatoms. The molecular weight excluding hydrogens is 164 g/mol. The summed E-state index contributed by atoms with van der Waals surface area (Å²) in [7, 11) is 0. The van der Waals surface area contributed by atoms with Gasteiger partial charge in [0.05, 0.1) is 11.2 Å². The van der Waals surface area contributed by atoms with Crippen LogP contribution in [0.4, 0.5) is 0 Å². The molecule has 0 saturated carbocycles. The van der Waals surface area contributed by atoms with Gasteiger partial charge in [0, 0.05) is 0 Å². The Bertz CT molecular complexity index is 154. The fraction of sp³-hybridized carbons (Fsp3) is 1.00. The molecule has 2 unspecified atom stereocenters. The highest BCUT2D eigenvalue weighted by atomic mass is 16.3. The summed E-state index contributed by atoms with van der Waals surface area (Å²) in [5.74, 6) is 0.954. The van der Waals surface area contributed by atoms with Crippen molar-refractivity contribution in [3.8, 4) is 0 Å². The van der Waals surface area contributed by atoms with E-state index in [1.54, 1.807) is 20.8 Å². The van der Waals surface area contributed by atoms with Crippen LogP contribution in [0.2, 0.25) is 0 Å². The summed E-state index contributed by atoms with van der Waals surface area (Å²) in [5, 5.41) is 19.7. The quantitative estimate of drug-likeness (QED) is 0.710. The second-order valence-electron chi connectivity index (χ2n) is 5.26. The predicted octanol–water partition coefficient (Wildman–Crippen LogP) is 2.19. The van der Waals surface area contributed by atoms with Gasteiger partial charge in [-0.1, -0.05) is 20.8 Å². The van der Waals surface area contributed by atoms with Crippen molar-refractivity contribution in [2.75, 3.05) is 0 Å². The van der Waals surface area contributed by atoms with Gasteiger partial charge < -0.3 is 10.2 Å². The maximum atomic E-state index is 10.0. The third-order valence-electron chi connectivity index (χ3n) is 3.18. The number of rotatable bonds is 4. The van der Waals surface area contributed by atoms with Crippen LogP contribution in [0.1, 0.15) is 48.0 Å². The first-order valence-corrected chi connectivity index (χ1v) is 5.02. The maximum Gasteiger partial charge on any atom is 0.0902 e. The van der Waals surface area contributed by atoms with Gasteiger partial charge in [-0.05, 0) is 39.0 Å². The van der Waals surface area contributed by atoms with Crippen LogP contribution in [-0.4, -0.2) is 21.4 Å². The summed E-state index contributed by atoms with van der Waals surface area (Å²) < 4.78 is 0. The van der Waals surface area contributed by atoms with E-state index in [-0.39, 0.29) is 0 Å². The lowest BCUT2D eigenvalue weighted by molar-refractivity contribution is -0.132. The van der Waals surface area contributed by atoms with Crippen molar-refractivity contribution in [2.45, 2.75) is 59.2 Å². The standard InChI is InChI=1S/C11H24O2/c1-8(2)9(3)7-11(6,13)10(4,5)12/h8-9,12-13H,7H2,1-6H3. The topological polar surface area (TPSA) is 40.5 Å². The third kappa shape index (κ3) is 3.65. The molecule has 0 heterocycles. The van der Waals surface area contributed by atoms with Crippen LogP contribution in [0, 0.1) is 11.8 Å². The van der Waals surface area contributed by atoms with Crippen molar-refractivity contribution < 1.29 is 10.2 Å². The van der Waals surface area contributed by atoms with E-state index < -0.39 is 11.2 Å². The molecule has 0 aromatic heterocycles. The van der Waals surface area contributed by atoms with Gasteiger partial charge in [-0.2, -0.15) is 0 Å². The molecule has 0 aromatic carbocycles. The van der Waals surface area contributed by atoms with Crippen molar-refractivity contribution in [3.63, 3.8) is 0 Å². The summed E-state index contributed by atoms with van der Waals surface area (Å²) >= 11 is 0. The normalized spacial score (nSPS) is 20.1. The van der Waals surface area contributed by atoms with Crippen LogP contribution in [0.3, 0.4) is 0 Å². The largest absolute Gasteiger partial charge is 0.387 e. The van der Waals surface area contributed by atoms with Gasteiger partial charge in [-0.25, -0.2) is 0 Å². The molecule has 0 spiro atoms. The average Bonchev–Trinajstić information content (AvgIpc) is 1.83. The molecule has 2 nitrogen and oxygen atoms in total. The zero-order valence-corrected chi connectivity index (χ0v) is 9.76. The monoisotopic (exact) mass is 188 g/mol. The Labute approximate surface area is 82.0 Å². The van der Waals surface area contributed by atoms with Gasteiger partial charge in [0.15, 0.2) is 0 Å². The number of hydrogen-bond acceptors (Lipinski definition) is 2. The minimum atomic E-state index is -1.03. The zero-order valence-electron chi connectivity index (χ0n) is 9.76. The minimum Gasteiger partial charge on any atom is -0.387 e. The summed E-state index contributed by atoms with van der Waals surface area (Å²) in [6, 6.07) is 0. The molecule has 0 aliphatic heterocycles. The van der Waals surface area contributed by atoms with Crippen LogP contribution in [0.15, 0.2) is 0 Å². The maximum absolute atomic E-state index is 10.0. The van der Waals surface area contributed by atoms with Crippen LogP contribution < -0.4 is 0 Å². The van der Waals surface area contributed by atoms with Crippen molar-refractivity contribution in [1.29, 1.82) is 0 Å². The Hall–Kier alpha value is -0.0800. The van der Waals surface area contributed by atoms with Crippen molar-refractivity contribution in [3.05, 3.63) is 0 Å². The van der Waals surface area contributed by atoms with E-state index >= 15 is 0 Å². The second-order valence-corrected chi connectivity index (χ2v) is 5.26. The van der Waals surface area contributed by atoms with Gasteiger partial charge in [0.2, 0.25) is 0 Å². The Morgan fingerprint density at radius 3 is 1.62 bits per heavy atom. The molecule has 0 saturated heterocycles. The van der Waals surface area contributed by atoms with E-state index in [9.17, 15) is 10.2 Å². The second kappa shape index (κ2) is 3.97. The summed E-state index contributed by atoms with van der Waals surface area (Å²) in [5.41, 5.74) is -2.03. The molecular formula is C11H24O2. The number of hydrogen-bond donors (Lipinski definition) is 2. The van der Waals surface area contributed by atoms with E-state index in [4.69, 9.17) is 0 Å². The molecule has 0 radical (unpaired) electrons. The first-order chi connectivity index (χ1) is 5.58. The van der Waals surface area contributed by atoms with Crippen LogP contribution in [-0.2, 0) is 0 Å². The van der Waals surface area contributed by atoms with Crippen molar-refractivity contribution >= 4 is 0 Å². The first-order valence-electron chi connectivity index (χ1n) is 5.02. The SMILES string of the molecule is CC(C)C(C)CC(C)(O)C(C)(C)O. The first kappa shape index (κ1) is 12.9. The van der Waals surface area contributed by atoms with Crippen LogP contribution in [0.5, 0.6) is 0 Å². The third-order valence-corrected chi connectivity index (χ3v) is 3.18. The molecule has 0 amide bonds. The Morgan fingerprint density at radius 2 is 1.38 bits per heavy atom. The average molecular weight is 188 g/mol. The van der Waals surface area contributed by atoms with Crippen LogP contribution >= 0.6 is 0 Å². The fourth-order valence-corrected chi connectivity index (χ4v) is 1.11. The lowest BCUT2D eigenvalue weighted by atomic mass is 9.78. The molecule has 0 aromatic rings. The van der Waals surface area contributed by atoms with E-state index in [0.29, 0.717) is 18.3 Å². The zero-order chi connectivity index (χ0) is 10.9. The Kier molecular flexibility index (Phi) is 3.95. The molecule has 80 valence electrons. The van der Waals surface area contributed by atoms with Gasteiger partial charge in [0.1, 0.15) is 0 Å². The van der Waals surface area contributed by atoms with Gasteiger partial charge >= 0.3 is 0 Å². The summed E-state index contributed by atoms with van der Waals surface area (Å²) in [6.45, 7) is 11.4. The molecule has 13 heavy (non-hydrogen) atoms.